The van der Waals surface area contributed by atoms with Gasteiger partial charge in [0.2, 0.25) is 0 Å². The summed E-state index contributed by atoms with van der Waals surface area (Å²) < 4.78 is 43.2. The van der Waals surface area contributed by atoms with Gasteiger partial charge in [0, 0.05) is 5.69 Å². The number of benzene rings is 1. The van der Waals surface area contributed by atoms with Crippen LogP contribution < -0.4 is 5.32 Å². The Kier molecular flexibility index (Phi) is 5.13. The fourth-order valence-corrected chi connectivity index (χ4v) is 2.00. The number of para-hydroxylation sites is 1. The lowest BCUT2D eigenvalue weighted by Crippen LogP contribution is -2.44. The molecule has 0 aromatic heterocycles. The van der Waals surface area contributed by atoms with Gasteiger partial charge in [0.15, 0.2) is 5.78 Å². The molecule has 0 aliphatic heterocycles. The fraction of sp³-hybridized carbons (Fsp3) is 0.500. The largest absolute Gasteiger partial charge is 0.482 e. The Morgan fingerprint density at radius 3 is 2.00 bits per heavy atom. The molecule has 0 saturated carbocycles. The molecule has 1 N–H and O–H groups in total. The number of ether oxygens (including phenoxy) is 1. The molecule has 128 valence electrons. The number of halogens is 3. The topological polar surface area (TPSA) is 55.4 Å². The number of ketones is 1. The summed E-state index contributed by atoms with van der Waals surface area (Å²) in [5.74, 6) is -1.50. The molecule has 0 saturated heterocycles. The Morgan fingerprint density at radius 2 is 1.57 bits per heavy atom. The molecule has 23 heavy (non-hydrogen) atoms. The van der Waals surface area contributed by atoms with Crippen LogP contribution in [-0.4, -0.2) is 23.7 Å². The van der Waals surface area contributed by atoms with Crippen LogP contribution in [0.5, 0.6) is 0 Å². The van der Waals surface area contributed by atoms with Gasteiger partial charge in [-0.2, -0.15) is 13.2 Å². The molecule has 0 fully saturated rings. The molecule has 0 amide bonds. The van der Waals surface area contributed by atoms with Gasteiger partial charge in [-0.25, -0.2) is 0 Å². The number of hydrogen-bond donors (Lipinski definition) is 1. The van der Waals surface area contributed by atoms with Gasteiger partial charge in [-0.15, -0.1) is 0 Å². The number of esters is 1. The van der Waals surface area contributed by atoms with Crippen molar-refractivity contribution in [3.8, 4) is 0 Å². The van der Waals surface area contributed by atoms with Gasteiger partial charge in [-0.05, 0) is 46.2 Å². The Hall–Kier alpha value is -2.05. The first-order valence-corrected chi connectivity index (χ1v) is 6.96. The molecule has 0 unspecified atom stereocenters. The van der Waals surface area contributed by atoms with E-state index in [2.05, 4.69) is 0 Å². The van der Waals surface area contributed by atoms with Crippen molar-refractivity contribution >= 4 is 17.4 Å². The molecular formula is C16H20F3NO3. The van der Waals surface area contributed by atoms with Crippen molar-refractivity contribution in [3.05, 3.63) is 29.8 Å². The number of rotatable bonds is 4. The maximum atomic E-state index is 12.7. The van der Waals surface area contributed by atoms with Crippen LogP contribution >= 0.6 is 0 Å². The minimum atomic E-state index is -4.69. The zero-order valence-corrected chi connectivity index (χ0v) is 13.7. The highest BCUT2D eigenvalue weighted by atomic mass is 19.4. The Morgan fingerprint density at radius 1 is 1.04 bits per heavy atom. The van der Waals surface area contributed by atoms with Crippen LogP contribution in [0.15, 0.2) is 24.3 Å². The Bertz CT molecular complexity index is 605. The molecule has 7 heteroatoms. The Labute approximate surface area is 133 Å². The summed E-state index contributed by atoms with van der Waals surface area (Å²) in [7, 11) is 0. The SMILES string of the molecule is CC(=O)[C@](C)(C(=O)OC(C)(C)C)c1ccccc1NC(F)(F)F. The third-order valence-corrected chi connectivity index (χ3v) is 3.25. The second-order valence-corrected chi connectivity index (χ2v) is 6.35. The molecule has 0 aliphatic rings. The number of alkyl halides is 3. The summed E-state index contributed by atoms with van der Waals surface area (Å²) in [4.78, 5) is 24.6. The van der Waals surface area contributed by atoms with E-state index in [0.717, 1.165) is 13.0 Å². The van der Waals surface area contributed by atoms with Crippen LogP contribution in [0, 0.1) is 0 Å². The highest BCUT2D eigenvalue weighted by Gasteiger charge is 2.45. The predicted molar refractivity (Wildman–Crippen MR) is 80.0 cm³/mol. The highest BCUT2D eigenvalue weighted by molar-refractivity contribution is 6.09. The summed E-state index contributed by atoms with van der Waals surface area (Å²) >= 11 is 0. The zero-order chi connectivity index (χ0) is 18.1. The molecule has 1 aromatic rings. The molecule has 0 spiro atoms. The predicted octanol–water partition coefficient (Wildman–Crippen LogP) is 3.81. The lowest BCUT2D eigenvalue weighted by atomic mass is 9.78. The summed E-state index contributed by atoms with van der Waals surface area (Å²) in [6.07, 6.45) is -4.69. The van der Waals surface area contributed by atoms with E-state index in [1.54, 1.807) is 20.8 Å². The normalized spacial score (nSPS) is 14.8. The number of carbonyl (C=O) groups excluding carboxylic acids is 2. The summed E-state index contributed by atoms with van der Waals surface area (Å²) in [5.41, 5.74) is -3.16. The van der Waals surface area contributed by atoms with Crippen LogP contribution in [0.2, 0.25) is 0 Å². The maximum absolute atomic E-state index is 12.7. The van der Waals surface area contributed by atoms with Crippen LogP contribution in [0.3, 0.4) is 0 Å². The molecular weight excluding hydrogens is 311 g/mol. The molecule has 0 aliphatic carbocycles. The number of nitrogens with one attached hydrogen (secondary N) is 1. The van der Waals surface area contributed by atoms with Crippen molar-refractivity contribution in [2.75, 3.05) is 5.32 Å². The van der Waals surface area contributed by atoms with Crippen molar-refractivity contribution in [1.82, 2.24) is 0 Å². The summed E-state index contributed by atoms with van der Waals surface area (Å²) in [6.45, 7) is 7.26. The first-order chi connectivity index (χ1) is 10.3. The lowest BCUT2D eigenvalue weighted by molar-refractivity contribution is -0.163. The van der Waals surface area contributed by atoms with Gasteiger partial charge in [0.1, 0.15) is 11.0 Å². The van der Waals surface area contributed by atoms with Crippen LogP contribution in [0.25, 0.3) is 0 Å². The summed E-state index contributed by atoms with van der Waals surface area (Å²) in [6, 6.07) is 5.31. The van der Waals surface area contributed by atoms with E-state index in [4.69, 9.17) is 4.74 Å². The average molecular weight is 331 g/mol. The third-order valence-electron chi connectivity index (χ3n) is 3.25. The molecule has 0 bridgehead atoms. The second kappa shape index (κ2) is 6.22. The number of anilines is 1. The smallest absolute Gasteiger partial charge is 0.459 e. The minimum absolute atomic E-state index is 0.0842. The van der Waals surface area contributed by atoms with Crippen molar-refractivity contribution in [3.63, 3.8) is 0 Å². The van der Waals surface area contributed by atoms with Crippen molar-refractivity contribution < 1.29 is 27.5 Å². The van der Waals surface area contributed by atoms with E-state index in [1.807, 2.05) is 0 Å². The number of hydrogen-bond acceptors (Lipinski definition) is 4. The first-order valence-electron chi connectivity index (χ1n) is 6.96. The zero-order valence-electron chi connectivity index (χ0n) is 13.7. The Balaban J connectivity index is 3.42. The second-order valence-electron chi connectivity index (χ2n) is 6.35. The number of carbonyl (C=O) groups is 2. The van der Waals surface area contributed by atoms with Gasteiger partial charge < -0.3 is 4.74 Å². The van der Waals surface area contributed by atoms with E-state index in [-0.39, 0.29) is 11.3 Å². The maximum Gasteiger partial charge on any atom is 0.482 e. The van der Waals surface area contributed by atoms with Gasteiger partial charge >= 0.3 is 12.3 Å². The molecule has 1 rings (SSSR count). The highest BCUT2D eigenvalue weighted by Crippen LogP contribution is 2.35. The standard InChI is InChI=1S/C16H20F3NO3/c1-10(21)15(5,13(22)23-14(2,3)4)11-8-6-7-9-12(11)20-16(17,18)19/h6-9,20H,1-5H3/t15-/m0/s1. The molecule has 0 radical (unpaired) electrons. The van der Waals surface area contributed by atoms with Crippen molar-refractivity contribution in [1.29, 1.82) is 0 Å². The van der Waals surface area contributed by atoms with Gasteiger partial charge in [-0.3, -0.25) is 14.9 Å². The van der Waals surface area contributed by atoms with E-state index in [0.29, 0.717) is 0 Å². The van der Waals surface area contributed by atoms with Crippen LogP contribution in [0.1, 0.15) is 40.2 Å². The molecule has 4 nitrogen and oxygen atoms in total. The quantitative estimate of drug-likeness (QED) is 0.518. The van der Waals surface area contributed by atoms with Crippen molar-refractivity contribution in [2.45, 2.75) is 51.9 Å². The van der Waals surface area contributed by atoms with E-state index < -0.39 is 29.1 Å². The lowest BCUT2D eigenvalue weighted by Gasteiger charge is -2.31. The molecule has 1 aromatic carbocycles. The molecule has 0 heterocycles. The van der Waals surface area contributed by atoms with Crippen molar-refractivity contribution in [2.24, 2.45) is 0 Å². The van der Waals surface area contributed by atoms with Gasteiger partial charge in [0.05, 0.1) is 0 Å². The first kappa shape index (κ1) is 19.0. The third kappa shape index (κ3) is 4.71. The monoisotopic (exact) mass is 331 g/mol. The van der Waals surface area contributed by atoms with E-state index in [9.17, 15) is 22.8 Å². The minimum Gasteiger partial charge on any atom is -0.459 e. The molecule has 1 atom stereocenters. The van der Waals surface area contributed by atoms with E-state index >= 15 is 0 Å². The number of Topliss-reactive ketones (excluding diaryl/α,β-unsaturated/α-hetero) is 1. The summed E-state index contributed by atoms with van der Waals surface area (Å²) in [5, 5.41) is 1.37. The average Bonchev–Trinajstić information content (AvgIpc) is 2.34. The van der Waals surface area contributed by atoms with E-state index in [1.165, 1.54) is 30.4 Å². The van der Waals surface area contributed by atoms with Crippen LogP contribution in [-0.2, 0) is 19.7 Å². The van der Waals surface area contributed by atoms with Gasteiger partial charge in [0.25, 0.3) is 0 Å². The van der Waals surface area contributed by atoms with Gasteiger partial charge in [-0.1, -0.05) is 18.2 Å². The van der Waals surface area contributed by atoms with Crippen LogP contribution in [0.4, 0.5) is 18.9 Å². The fourth-order valence-electron chi connectivity index (χ4n) is 2.00.